The van der Waals surface area contributed by atoms with Gasteiger partial charge in [-0.1, -0.05) is 6.07 Å². The highest BCUT2D eigenvalue weighted by molar-refractivity contribution is 7.98. The Hall–Kier alpha value is -2.64. The van der Waals surface area contributed by atoms with Crippen LogP contribution in [0.5, 0.6) is 5.75 Å². The summed E-state index contributed by atoms with van der Waals surface area (Å²) in [7, 11) is 0. The lowest BCUT2D eigenvalue weighted by Crippen LogP contribution is -2.51. The molecule has 1 aliphatic heterocycles. The van der Waals surface area contributed by atoms with Gasteiger partial charge in [-0.2, -0.15) is 0 Å². The minimum absolute atomic E-state index is 0.107. The lowest BCUT2D eigenvalue weighted by Gasteiger charge is -2.36. The molecule has 1 amide bonds. The maximum atomic E-state index is 12.8. The average molecular weight is 395 g/mol. The lowest BCUT2D eigenvalue weighted by atomic mass is 10.0. The van der Waals surface area contributed by atoms with Crippen LogP contribution in [0.2, 0.25) is 0 Å². The molecule has 0 aliphatic carbocycles. The van der Waals surface area contributed by atoms with E-state index in [4.69, 9.17) is 4.74 Å². The van der Waals surface area contributed by atoms with Crippen LogP contribution in [-0.2, 0) is 0 Å². The van der Waals surface area contributed by atoms with Crippen LogP contribution in [0.4, 0.5) is 0 Å². The van der Waals surface area contributed by atoms with Gasteiger partial charge in [0.1, 0.15) is 23.0 Å². The molecule has 1 saturated heterocycles. The van der Waals surface area contributed by atoms with Crippen LogP contribution in [0.3, 0.4) is 0 Å². The standard InChI is InChI=1S/C21H21N3O3S/c1-28-20-16(5-3-10-23-20)21(26)24-11-8-19(18(25)13-24)27-15-7-6-14-4-2-9-22-17(14)12-15/h2-7,9-10,12,18-19,25H,8,11,13H2,1H3/t18-,19-/m1/s1. The Balaban J connectivity index is 1.44. The van der Waals surface area contributed by atoms with Crippen molar-refractivity contribution in [3.05, 3.63) is 60.4 Å². The van der Waals surface area contributed by atoms with Crippen molar-refractivity contribution in [2.45, 2.75) is 23.7 Å². The number of thioether (sulfide) groups is 1. The van der Waals surface area contributed by atoms with Crippen molar-refractivity contribution in [3.8, 4) is 5.75 Å². The SMILES string of the molecule is CSc1ncccc1C(=O)N1CC[C@@H](Oc2ccc3cccnc3c2)[C@H](O)C1. The summed E-state index contributed by atoms with van der Waals surface area (Å²) in [5.74, 6) is 0.566. The maximum absolute atomic E-state index is 12.8. The molecule has 2 atom stereocenters. The first kappa shape index (κ1) is 18.7. The van der Waals surface area contributed by atoms with E-state index in [1.807, 2.05) is 36.6 Å². The smallest absolute Gasteiger partial charge is 0.256 e. The first-order chi connectivity index (χ1) is 13.7. The number of fused-ring (bicyclic) bond motifs is 1. The number of carbonyl (C=O) groups is 1. The van der Waals surface area contributed by atoms with E-state index in [1.54, 1.807) is 29.4 Å². The average Bonchev–Trinajstić information content (AvgIpc) is 2.74. The number of amides is 1. The summed E-state index contributed by atoms with van der Waals surface area (Å²) >= 11 is 1.44. The van der Waals surface area contributed by atoms with E-state index in [0.29, 0.717) is 29.3 Å². The summed E-state index contributed by atoms with van der Waals surface area (Å²) in [5.41, 5.74) is 1.42. The fourth-order valence-electron chi connectivity index (χ4n) is 3.41. The van der Waals surface area contributed by atoms with Crippen LogP contribution in [0.25, 0.3) is 10.9 Å². The Morgan fingerprint density at radius 1 is 1.21 bits per heavy atom. The quantitative estimate of drug-likeness (QED) is 0.685. The van der Waals surface area contributed by atoms with Crippen LogP contribution in [-0.4, -0.2) is 57.4 Å². The second-order valence-electron chi connectivity index (χ2n) is 6.68. The number of aromatic nitrogens is 2. The normalized spacial score (nSPS) is 19.6. The van der Waals surface area contributed by atoms with E-state index in [-0.39, 0.29) is 18.6 Å². The summed E-state index contributed by atoms with van der Waals surface area (Å²) in [6, 6.07) is 13.1. The molecule has 1 fully saturated rings. The topological polar surface area (TPSA) is 75.6 Å². The number of benzene rings is 1. The highest BCUT2D eigenvalue weighted by Gasteiger charge is 2.32. The maximum Gasteiger partial charge on any atom is 0.256 e. The predicted octanol–water partition coefficient (Wildman–Crippen LogP) is 3.01. The number of rotatable bonds is 4. The van der Waals surface area contributed by atoms with Gasteiger partial charge in [-0.25, -0.2) is 4.98 Å². The predicted molar refractivity (Wildman–Crippen MR) is 109 cm³/mol. The van der Waals surface area contributed by atoms with Gasteiger partial charge in [-0.15, -0.1) is 11.8 Å². The molecule has 3 aromatic rings. The van der Waals surface area contributed by atoms with E-state index >= 15 is 0 Å². The minimum Gasteiger partial charge on any atom is -0.488 e. The Morgan fingerprint density at radius 2 is 2.04 bits per heavy atom. The zero-order valence-corrected chi connectivity index (χ0v) is 16.3. The van der Waals surface area contributed by atoms with E-state index in [9.17, 15) is 9.90 Å². The molecule has 0 saturated carbocycles. The molecular weight excluding hydrogens is 374 g/mol. The molecular formula is C21H21N3O3S. The number of piperidine rings is 1. The summed E-state index contributed by atoms with van der Waals surface area (Å²) in [5, 5.41) is 12.3. The van der Waals surface area contributed by atoms with Crippen molar-refractivity contribution in [2.75, 3.05) is 19.3 Å². The van der Waals surface area contributed by atoms with Gasteiger partial charge >= 0.3 is 0 Å². The molecule has 7 heteroatoms. The van der Waals surface area contributed by atoms with E-state index in [1.165, 1.54) is 11.8 Å². The minimum atomic E-state index is -0.758. The third-order valence-corrected chi connectivity index (χ3v) is 5.58. The largest absolute Gasteiger partial charge is 0.488 e. The first-order valence-electron chi connectivity index (χ1n) is 9.13. The zero-order chi connectivity index (χ0) is 19.5. The Kier molecular flexibility index (Phi) is 5.45. The van der Waals surface area contributed by atoms with Gasteiger partial charge < -0.3 is 14.7 Å². The fourth-order valence-corrected chi connectivity index (χ4v) is 3.95. The Morgan fingerprint density at radius 3 is 2.86 bits per heavy atom. The molecule has 0 unspecified atom stereocenters. The van der Waals surface area contributed by atoms with E-state index in [0.717, 1.165) is 10.9 Å². The van der Waals surface area contributed by atoms with Crippen LogP contribution in [0, 0.1) is 0 Å². The first-order valence-corrected chi connectivity index (χ1v) is 10.4. The molecule has 28 heavy (non-hydrogen) atoms. The van der Waals surface area contributed by atoms with Gasteiger partial charge in [-0.05, 0) is 36.6 Å². The van der Waals surface area contributed by atoms with Gasteiger partial charge in [0.2, 0.25) is 0 Å². The van der Waals surface area contributed by atoms with Crippen LogP contribution in [0.15, 0.2) is 59.9 Å². The number of ether oxygens (including phenoxy) is 1. The zero-order valence-electron chi connectivity index (χ0n) is 15.5. The third-order valence-electron chi connectivity index (χ3n) is 4.87. The molecule has 1 aliphatic rings. The number of hydrogen-bond acceptors (Lipinski definition) is 6. The summed E-state index contributed by atoms with van der Waals surface area (Å²) in [6.07, 6.45) is 4.75. The Labute approximate surface area is 167 Å². The number of hydrogen-bond donors (Lipinski definition) is 1. The third kappa shape index (κ3) is 3.81. The second-order valence-corrected chi connectivity index (χ2v) is 7.48. The molecule has 1 aromatic carbocycles. The number of aliphatic hydroxyl groups excluding tert-OH is 1. The molecule has 0 spiro atoms. The van der Waals surface area contributed by atoms with Crippen molar-refractivity contribution >= 4 is 28.6 Å². The molecule has 1 N–H and O–H groups in total. The number of likely N-dealkylation sites (tertiary alicyclic amines) is 1. The fraction of sp³-hybridized carbons (Fsp3) is 0.286. The number of carbonyl (C=O) groups excluding carboxylic acids is 1. The molecule has 2 aromatic heterocycles. The summed E-state index contributed by atoms with van der Waals surface area (Å²) in [4.78, 5) is 23.1. The summed E-state index contributed by atoms with van der Waals surface area (Å²) < 4.78 is 6.01. The highest BCUT2D eigenvalue weighted by atomic mass is 32.2. The number of β-amino-alcohol motifs (C(OH)–C–C–N with tert-alkyl or cyclic N) is 1. The van der Waals surface area contributed by atoms with Gasteiger partial charge in [-0.3, -0.25) is 9.78 Å². The second kappa shape index (κ2) is 8.16. The van der Waals surface area contributed by atoms with Crippen molar-refractivity contribution < 1.29 is 14.6 Å². The van der Waals surface area contributed by atoms with Gasteiger partial charge in [0.15, 0.2) is 0 Å². The molecule has 6 nitrogen and oxygen atoms in total. The number of aliphatic hydroxyl groups is 1. The van der Waals surface area contributed by atoms with Crippen molar-refractivity contribution in [1.29, 1.82) is 0 Å². The van der Waals surface area contributed by atoms with Crippen LogP contribution >= 0.6 is 11.8 Å². The van der Waals surface area contributed by atoms with Crippen LogP contribution in [0.1, 0.15) is 16.8 Å². The molecule has 144 valence electrons. The van der Waals surface area contributed by atoms with Gasteiger partial charge in [0.05, 0.1) is 17.6 Å². The highest BCUT2D eigenvalue weighted by Crippen LogP contribution is 2.25. The molecule has 0 bridgehead atoms. The van der Waals surface area contributed by atoms with Crippen molar-refractivity contribution in [1.82, 2.24) is 14.9 Å². The molecule has 4 rings (SSSR count). The van der Waals surface area contributed by atoms with Crippen molar-refractivity contribution in [3.63, 3.8) is 0 Å². The summed E-state index contributed by atoms with van der Waals surface area (Å²) in [6.45, 7) is 0.757. The molecule has 3 heterocycles. The monoisotopic (exact) mass is 395 g/mol. The molecule has 0 radical (unpaired) electrons. The van der Waals surface area contributed by atoms with Gasteiger partial charge in [0.25, 0.3) is 5.91 Å². The van der Waals surface area contributed by atoms with E-state index in [2.05, 4.69) is 9.97 Å². The number of nitrogens with zero attached hydrogens (tertiary/aromatic N) is 3. The lowest BCUT2D eigenvalue weighted by molar-refractivity contribution is -0.0199. The van der Waals surface area contributed by atoms with Crippen molar-refractivity contribution in [2.24, 2.45) is 0 Å². The van der Waals surface area contributed by atoms with Crippen LogP contribution < -0.4 is 4.74 Å². The Bertz CT molecular complexity index is 997. The van der Waals surface area contributed by atoms with E-state index < -0.39 is 6.10 Å². The van der Waals surface area contributed by atoms with Gasteiger partial charge in [0, 0.05) is 36.8 Å². The number of pyridine rings is 2.